The highest BCUT2D eigenvalue weighted by atomic mass is 32.3. The second-order valence-corrected chi connectivity index (χ2v) is 24.8. The van der Waals surface area contributed by atoms with Crippen molar-refractivity contribution in [3.63, 3.8) is 0 Å². The first kappa shape index (κ1) is 35.1. The van der Waals surface area contributed by atoms with Gasteiger partial charge < -0.3 is 13.0 Å². The largest absolute Gasteiger partial charge is 0.543 e. The van der Waals surface area contributed by atoms with E-state index in [1.54, 1.807) is 12.1 Å². The Morgan fingerprint density at radius 1 is 0.561 bits per heavy atom. The smallest absolute Gasteiger partial charge is 0.446 e. The lowest BCUT2D eigenvalue weighted by atomic mass is 10.1. The third-order valence-electron chi connectivity index (χ3n) is 8.46. The Morgan fingerprint density at radius 2 is 0.927 bits per heavy atom. The molecule has 0 aliphatic rings. The van der Waals surface area contributed by atoms with E-state index in [1.807, 2.05) is 42.5 Å². The van der Waals surface area contributed by atoms with Gasteiger partial charge in [-0.2, -0.15) is 8.42 Å². The molecule has 6 nitrogen and oxygen atoms in total. The van der Waals surface area contributed by atoms with Gasteiger partial charge in [0, 0.05) is 6.07 Å². The number of hydrogen-bond donors (Lipinski definition) is 1. The summed E-state index contributed by atoms with van der Waals surface area (Å²) in [4.78, 5) is 0. The summed E-state index contributed by atoms with van der Waals surface area (Å²) in [6.07, 6.45) is 3.84. The van der Waals surface area contributed by atoms with Crippen LogP contribution >= 0.6 is 0 Å². The summed E-state index contributed by atoms with van der Waals surface area (Å²) in [5.41, 5.74) is 4.12. The molecular formula is C32H52O6SSi2. The van der Waals surface area contributed by atoms with Crippen molar-refractivity contribution in [1.82, 2.24) is 0 Å². The number of rotatable bonds is 14. The summed E-state index contributed by atoms with van der Waals surface area (Å²) < 4.78 is 50.9. The third-order valence-corrected chi connectivity index (χ3v) is 20.9. The average molecular weight is 621 g/mol. The van der Waals surface area contributed by atoms with Crippen molar-refractivity contribution in [2.24, 2.45) is 0 Å². The van der Waals surface area contributed by atoms with E-state index < -0.39 is 27.0 Å². The molecular weight excluding hydrogens is 569 g/mol. The van der Waals surface area contributed by atoms with Crippen LogP contribution in [0.1, 0.15) is 94.2 Å². The minimum Gasteiger partial charge on any atom is -0.543 e. The van der Waals surface area contributed by atoms with E-state index in [4.69, 9.17) is 13.0 Å². The van der Waals surface area contributed by atoms with Gasteiger partial charge in [-0.25, -0.2) is 0 Å². The first-order valence-electron chi connectivity index (χ1n) is 14.8. The lowest BCUT2D eigenvalue weighted by molar-refractivity contribution is 0.385. The lowest BCUT2D eigenvalue weighted by Gasteiger charge is -2.42. The third kappa shape index (κ3) is 8.49. The van der Waals surface area contributed by atoms with Gasteiger partial charge >= 0.3 is 10.4 Å². The maximum atomic E-state index is 11.5. The van der Waals surface area contributed by atoms with Crippen LogP contribution in [0.3, 0.4) is 0 Å². The lowest BCUT2D eigenvalue weighted by Crippen LogP contribution is -2.50. The second kappa shape index (κ2) is 13.9. The molecule has 0 unspecified atom stereocenters. The van der Waals surface area contributed by atoms with Crippen LogP contribution in [-0.2, 0) is 10.4 Å². The molecule has 0 saturated carbocycles. The van der Waals surface area contributed by atoms with Gasteiger partial charge in [-0.1, -0.05) is 107 Å². The summed E-state index contributed by atoms with van der Waals surface area (Å²) in [7, 11) is -9.05. The quantitative estimate of drug-likeness (QED) is 0.129. The molecule has 0 spiro atoms. The average Bonchev–Trinajstić information content (AvgIpc) is 2.82. The van der Waals surface area contributed by atoms with Crippen molar-refractivity contribution in [3.8, 4) is 17.2 Å². The minimum absolute atomic E-state index is 0.00456. The van der Waals surface area contributed by atoms with Gasteiger partial charge in [-0.05, 0) is 68.6 Å². The van der Waals surface area contributed by atoms with E-state index in [0.29, 0.717) is 44.6 Å². The molecule has 0 bridgehead atoms. The molecule has 2 rings (SSSR count). The Kier molecular flexibility index (Phi) is 11.9. The SMILES string of the molecule is CC(C)[Si](Oc1ccc(/C=C/c2cc(O[Si](C(C)C)(C(C)C)C(C)C)cc(OS(=O)(=O)O)c2)cc1)(C(C)C)C(C)C. The summed E-state index contributed by atoms with van der Waals surface area (Å²) in [6, 6.07) is 13.1. The number of hydrogen-bond acceptors (Lipinski definition) is 5. The molecule has 0 radical (unpaired) electrons. The van der Waals surface area contributed by atoms with Gasteiger partial charge in [0.25, 0.3) is 16.6 Å². The van der Waals surface area contributed by atoms with Crippen LogP contribution in [0.4, 0.5) is 0 Å². The second-order valence-electron chi connectivity index (χ2n) is 13.0. The van der Waals surface area contributed by atoms with Crippen molar-refractivity contribution in [1.29, 1.82) is 0 Å². The Hall–Kier alpha value is -2.08. The van der Waals surface area contributed by atoms with Crippen molar-refractivity contribution in [2.75, 3.05) is 0 Å². The Morgan fingerprint density at radius 3 is 1.32 bits per heavy atom. The van der Waals surface area contributed by atoms with Gasteiger partial charge in [-0.3, -0.25) is 4.55 Å². The van der Waals surface area contributed by atoms with E-state index in [1.165, 1.54) is 0 Å². The summed E-state index contributed by atoms with van der Waals surface area (Å²) in [6.45, 7) is 26.8. The Labute approximate surface area is 251 Å². The summed E-state index contributed by atoms with van der Waals surface area (Å²) in [5.74, 6) is 1.43. The summed E-state index contributed by atoms with van der Waals surface area (Å²) in [5, 5.41) is 0. The molecule has 230 valence electrons. The zero-order chi connectivity index (χ0) is 31.3. The standard InChI is InChI=1S/C32H52O6SSi2/c1-22(2)40(23(3)4,24(5)6)37-30-17-15-28(16-18-30)13-14-29-19-31(36-39(33,34)35)21-32(20-29)38-41(25(7)8,26(9)10)27(11)12/h13-27H,1-12H3,(H,33,34,35)/b14-13+. The fourth-order valence-corrected chi connectivity index (χ4v) is 17.7. The molecule has 2 aromatic rings. The van der Waals surface area contributed by atoms with Crippen molar-refractivity contribution in [2.45, 2.75) is 116 Å². The molecule has 2 aromatic carbocycles. The van der Waals surface area contributed by atoms with E-state index in [0.717, 1.165) is 11.3 Å². The molecule has 0 aromatic heterocycles. The normalized spacial score (nSPS) is 13.4. The maximum absolute atomic E-state index is 11.5. The first-order valence-corrected chi connectivity index (χ1v) is 20.5. The fourth-order valence-electron chi connectivity index (χ4n) is 6.87. The van der Waals surface area contributed by atoms with Crippen LogP contribution < -0.4 is 13.0 Å². The molecule has 0 fully saturated rings. The van der Waals surface area contributed by atoms with Crippen LogP contribution in [0, 0.1) is 0 Å². The summed E-state index contributed by atoms with van der Waals surface area (Å²) >= 11 is 0. The van der Waals surface area contributed by atoms with E-state index >= 15 is 0 Å². The van der Waals surface area contributed by atoms with Gasteiger partial charge in [0.15, 0.2) is 0 Å². The predicted octanol–water partition coefficient (Wildman–Crippen LogP) is 10.1. The van der Waals surface area contributed by atoms with Crippen LogP contribution in [0.15, 0.2) is 42.5 Å². The zero-order valence-corrected chi connectivity index (χ0v) is 29.9. The van der Waals surface area contributed by atoms with Gasteiger partial charge in [0.05, 0.1) is 0 Å². The highest BCUT2D eigenvalue weighted by Gasteiger charge is 2.48. The van der Waals surface area contributed by atoms with Crippen molar-refractivity contribution < 1.29 is 26.0 Å². The van der Waals surface area contributed by atoms with Crippen LogP contribution in [0.25, 0.3) is 12.2 Å². The van der Waals surface area contributed by atoms with Crippen molar-refractivity contribution >= 4 is 39.2 Å². The van der Waals surface area contributed by atoms with Gasteiger partial charge in [-0.15, -0.1) is 0 Å². The van der Waals surface area contributed by atoms with E-state index in [-0.39, 0.29) is 5.75 Å². The molecule has 0 amide bonds. The molecule has 41 heavy (non-hydrogen) atoms. The van der Waals surface area contributed by atoms with Gasteiger partial charge in [0.1, 0.15) is 17.2 Å². The molecule has 0 heterocycles. The molecule has 0 aliphatic carbocycles. The minimum atomic E-state index is -4.69. The van der Waals surface area contributed by atoms with Gasteiger partial charge in [0.2, 0.25) is 0 Å². The first-order chi connectivity index (χ1) is 18.8. The van der Waals surface area contributed by atoms with Crippen LogP contribution in [0.2, 0.25) is 33.2 Å². The van der Waals surface area contributed by atoms with Crippen LogP contribution in [0.5, 0.6) is 17.2 Å². The molecule has 1 N–H and O–H groups in total. The maximum Gasteiger partial charge on any atom is 0.446 e. The Balaban J connectivity index is 2.45. The fraction of sp³-hybridized carbons (Fsp3) is 0.562. The molecule has 0 aliphatic heterocycles. The van der Waals surface area contributed by atoms with E-state index in [2.05, 4.69) is 83.1 Å². The number of benzene rings is 2. The van der Waals surface area contributed by atoms with Crippen LogP contribution in [-0.4, -0.2) is 29.6 Å². The van der Waals surface area contributed by atoms with Crippen molar-refractivity contribution in [3.05, 3.63) is 53.6 Å². The molecule has 0 saturated heterocycles. The topological polar surface area (TPSA) is 82.1 Å². The predicted molar refractivity (Wildman–Crippen MR) is 177 cm³/mol. The monoisotopic (exact) mass is 620 g/mol. The van der Waals surface area contributed by atoms with E-state index in [9.17, 15) is 13.0 Å². The highest BCUT2D eigenvalue weighted by Crippen LogP contribution is 2.44. The highest BCUT2D eigenvalue weighted by molar-refractivity contribution is 7.81. The Bertz CT molecular complexity index is 1220. The molecule has 9 heteroatoms. The molecule has 0 atom stereocenters. The zero-order valence-electron chi connectivity index (χ0n) is 27.1.